The summed E-state index contributed by atoms with van der Waals surface area (Å²) in [4.78, 5) is 24.1. The van der Waals surface area contributed by atoms with E-state index in [9.17, 15) is 9.59 Å². The summed E-state index contributed by atoms with van der Waals surface area (Å²) in [5, 5.41) is 7.65. The van der Waals surface area contributed by atoms with E-state index in [-0.39, 0.29) is 12.3 Å². The summed E-state index contributed by atoms with van der Waals surface area (Å²) in [5.41, 5.74) is 3.44. The lowest BCUT2D eigenvalue weighted by molar-refractivity contribution is -0.115. The maximum absolute atomic E-state index is 12.5. The van der Waals surface area contributed by atoms with Crippen molar-refractivity contribution in [2.24, 2.45) is 5.92 Å². The zero-order valence-corrected chi connectivity index (χ0v) is 16.5. The van der Waals surface area contributed by atoms with Gasteiger partial charge < -0.3 is 10.1 Å². The van der Waals surface area contributed by atoms with Crippen LogP contribution in [0.4, 0.5) is 5.69 Å². The summed E-state index contributed by atoms with van der Waals surface area (Å²) in [7, 11) is 1.30. The Labute approximate surface area is 158 Å². The van der Waals surface area contributed by atoms with Crippen LogP contribution in [0.5, 0.6) is 0 Å². The Morgan fingerprint density at radius 3 is 2.62 bits per heavy atom. The quantitative estimate of drug-likeness (QED) is 0.777. The molecule has 0 saturated heterocycles. The summed E-state index contributed by atoms with van der Waals surface area (Å²) in [6, 6.07) is 4.61. The molecule has 2 aromatic rings. The van der Waals surface area contributed by atoms with E-state index in [2.05, 4.69) is 24.3 Å². The third-order valence-corrected chi connectivity index (χ3v) is 4.40. The van der Waals surface area contributed by atoms with Crippen molar-refractivity contribution in [3.63, 3.8) is 0 Å². The lowest BCUT2D eigenvalue weighted by Crippen LogP contribution is -2.16. The molecule has 0 radical (unpaired) electrons. The van der Waals surface area contributed by atoms with Gasteiger partial charge in [0.1, 0.15) is 0 Å². The van der Waals surface area contributed by atoms with Crippen LogP contribution in [-0.4, -0.2) is 28.8 Å². The number of ether oxygens (including phenoxy) is 1. The van der Waals surface area contributed by atoms with E-state index in [0.717, 1.165) is 23.5 Å². The first-order chi connectivity index (χ1) is 12.2. The second-order valence-electron chi connectivity index (χ2n) is 6.64. The number of aromatic nitrogens is 2. The van der Waals surface area contributed by atoms with Crippen molar-refractivity contribution < 1.29 is 14.3 Å². The number of aryl methyl sites for hydroxylation is 1. The van der Waals surface area contributed by atoms with Crippen LogP contribution in [0.2, 0.25) is 5.02 Å². The number of carbonyl (C=O) groups is 2. The van der Waals surface area contributed by atoms with Gasteiger partial charge in [0.2, 0.25) is 5.91 Å². The highest BCUT2D eigenvalue weighted by Gasteiger charge is 2.17. The Morgan fingerprint density at radius 2 is 2.00 bits per heavy atom. The number of rotatable bonds is 6. The number of hydrogen-bond donors (Lipinski definition) is 1. The maximum Gasteiger partial charge on any atom is 0.337 e. The predicted octanol–water partition coefficient (Wildman–Crippen LogP) is 3.78. The highest BCUT2D eigenvalue weighted by molar-refractivity contribution is 6.33. The zero-order valence-electron chi connectivity index (χ0n) is 15.7. The van der Waals surface area contributed by atoms with Gasteiger partial charge in [-0.3, -0.25) is 9.48 Å². The second kappa shape index (κ2) is 8.36. The van der Waals surface area contributed by atoms with Gasteiger partial charge in [0.05, 0.1) is 35.5 Å². The summed E-state index contributed by atoms with van der Waals surface area (Å²) >= 11 is 6.13. The number of benzene rings is 1. The van der Waals surface area contributed by atoms with Crippen LogP contribution in [0.3, 0.4) is 0 Å². The predicted molar refractivity (Wildman–Crippen MR) is 102 cm³/mol. The Balaban J connectivity index is 2.17. The first kappa shape index (κ1) is 20.0. The molecule has 0 atom stereocenters. The number of nitrogens with zero attached hydrogens (tertiary/aromatic N) is 2. The number of carbonyl (C=O) groups excluding carboxylic acids is 2. The number of amides is 1. The second-order valence-corrected chi connectivity index (χ2v) is 7.04. The first-order valence-corrected chi connectivity index (χ1v) is 8.81. The largest absolute Gasteiger partial charge is 0.465 e. The smallest absolute Gasteiger partial charge is 0.337 e. The van der Waals surface area contributed by atoms with Gasteiger partial charge in [0.25, 0.3) is 0 Å². The van der Waals surface area contributed by atoms with E-state index in [1.54, 1.807) is 12.1 Å². The number of halogens is 1. The van der Waals surface area contributed by atoms with Crippen LogP contribution in [0.25, 0.3) is 0 Å². The molecule has 2 rings (SSSR count). The normalized spacial score (nSPS) is 10.9. The fraction of sp³-hybridized carbons (Fsp3) is 0.421. The van der Waals surface area contributed by atoms with Crippen LogP contribution >= 0.6 is 11.6 Å². The number of anilines is 1. The third kappa shape index (κ3) is 4.64. The molecule has 0 aliphatic heterocycles. The van der Waals surface area contributed by atoms with Crippen molar-refractivity contribution >= 4 is 29.2 Å². The minimum atomic E-state index is -0.487. The molecule has 1 aromatic heterocycles. The Hall–Kier alpha value is -2.34. The van der Waals surface area contributed by atoms with E-state index in [0.29, 0.717) is 22.2 Å². The van der Waals surface area contributed by atoms with Crippen LogP contribution in [0.1, 0.15) is 41.2 Å². The number of nitrogens with one attached hydrogen (secondary N) is 1. The maximum atomic E-state index is 12.5. The van der Waals surface area contributed by atoms with Crippen LogP contribution in [-0.2, 0) is 22.5 Å². The molecule has 0 bridgehead atoms. The average molecular weight is 378 g/mol. The zero-order chi connectivity index (χ0) is 19.4. The molecule has 0 aliphatic rings. The lowest BCUT2D eigenvalue weighted by Gasteiger charge is -2.10. The SMILES string of the molecule is COC(=O)c1ccc(Cl)c(NC(=O)Cc2c(C)nn(CC(C)C)c2C)c1. The molecule has 1 aromatic carbocycles. The monoisotopic (exact) mass is 377 g/mol. The third-order valence-electron chi connectivity index (χ3n) is 4.07. The molecule has 1 heterocycles. The van der Waals surface area contributed by atoms with Gasteiger partial charge in [-0.05, 0) is 38.0 Å². The molecule has 140 valence electrons. The average Bonchev–Trinajstić information content (AvgIpc) is 2.83. The van der Waals surface area contributed by atoms with Crippen LogP contribution in [0.15, 0.2) is 18.2 Å². The van der Waals surface area contributed by atoms with E-state index in [4.69, 9.17) is 16.3 Å². The fourth-order valence-corrected chi connectivity index (χ4v) is 2.90. The molecule has 0 aliphatic carbocycles. The molecule has 0 spiro atoms. The number of hydrogen-bond acceptors (Lipinski definition) is 4. The van der Waals surface area contributed by atoms with Crippen molar-refractivity contribution in [1.29, 1.82) is 0 Å². The molecule has 1 N–H and O–H groups in total. The standard InChI is InChI=1S/C19H24ClN3O3/c1-11(2)10-23-13(4)15(12(3)22-23)9-18(24)21-17-8-14(19(25)26-5)6-7-16(17)20/h6-8,11H,9-10H2,1-5H3,(H,21,24). The Kier molecular flexibility index (Phi) is 6.42. The topological polar surface area (TPSA) is 73.2 Å². The van der Waals surface area contributed by atoms with E-state index >= 15 is 0 Å². The van der Waals surface area contributed by atoms with Gasteiger partial charge in [-0.2, -0.15) is 5.10 Å². The molecular weight excluding hydrogens is 354 g/mol. The van der Waals surface area contributed by atoms with Crippen LogP contribution in [0, 0.1) is 19.8 Å². The molecule has 6 nitrogen and oxygen atoms in total. The van der Waals surface area contributed by atoms with Gasteiger partial charge in [-0.1, -0.05) is 25.4 Å². The van der Waals surface area contributed by atoms with E-state index < -0.39 is 5.97 Å². The molecule has 0 unspecified atom stereocenters. The van der Waals surface area contributed by atoms with Gasteiger partial charge in [0.15, 0.2) is 0 Å². The number of methoxy groups -OCH3 is 1. The van der Waals surface area contributed by atoms with Gasteiger partial charge in [-0.15, -0.1) is 0 Å². The van der Waals surface area contributed by atoms with Crippen molar-refractivity contribution in [2.75, 3.05) is 12.4 Å². The Bertz CT molecular complexity index is 828. The molecule has 26 heavy (non-hydrogen) atoms. The summed E-state index contributed by atoms with van der Waals surface area (Å²) in [6.07, 6.45) is 0.189. The molecule has 0 saturated carbocycles. The van der Waals surface area contributed by atoms with Crippen LogP contribution < -0.4 is 5.32 Å². The van der Waals surface area contributed by atoms with Gasteiger partial charge in [-0.25, -0.2) is 4.79 Å². The highest BCUT2D eigenvalue weighted by Crippen LogP contribution is 2.24. The van der Waals surface area contributed by atoms with Crippen molar-refractivity contribution in [1.82, 2.24) is 9.78 Å². The summed E-state index contributed by atoms with van der Waals surface area (Å²) < 4.78 is 6.63. The van der Waals surface area contributed by atoms with Gasteiger partial charge in [0, 0.05) is 17.8 Å². The van der Waals surface area contributed by atoms with Gasteiger partial charge >= 0.3 is 5.97 Å². The first-order valence-electron chi connectivity index (χ1n) is 8.43. The Morgan fingerprint density at radius 1 is 1.31 bits per heavy atom. The van der Waals surface area contributed by atoms with Crippen molar-refractivity contribution in [3.05, 3.63) is 45.7 Å². The van der Waals surface area contributed by atoms with Crippen molar-refractivity contribution in [3.8, 4) is 0 Å². The van der Waals surface area contributed by atoms with E-state index in [1.165, 1.54) is 13.2 Å². The minimum absolute atomic E-state index is 0.189. The molecule has 7 heteroatoms. The lowest BCUT2D eigenvalue weighted by atomic mass is 10.1. The molecular formula is C19H24ClN3O3. The van der Waals surface area contributed by atoms with Crippen molar-refractivity contribution in [2.45, 2.75) is 40.7 Å². The summed E-state index contributed by atoms with van der Waals surface area (Å²) in [6.45, 7) is 8.92. The minimum Gasteiger partial charge on any atom is -0.465 e. The fourth-order valence-electron chi connectivity index (χ4n) is 2.73. The summed E-state index contributed by atoms with van der Waals surface area (Å²) in [5.74, 6) is -0.238. The highest BCUT2D eigenvalue weighted by atomic mass is 35.5. The molecule has 0 fully saturated rings. The number of esters is 1. The molecule has 1 amide bonds. The van der Waals surface area contributed by atoms with E-state index in [1.807, 2.05) is 18.5 Å².